The van der Waals surface area contributed by atoms with Crippen LogP contribution in [0.25, 0.3) is 5.69 Å². The van der Waals surface area contributed by atoms with Gasteiger partial charge in [0.25, 0.3) is 5.91 Å². The first kappa shape index (κ1) is 20.0. The van der Waals surface area contributed by atoms with Gasteiger partial charge in [0.2, 0.25) is 0 Å². The summed E-state index contributed by atoms with van der Waals surface area (Å²) in [6.45, 7) is 1.76. The molecule has 1 aliphatic rings. The molecule has 1 amide bonds. The molecule has 2 N–H and O–H groups in total. The summed E-state index contributed by atoms with van der Waals surface area (Å²) in [4.78, 5) is 21.2. The van der Waals surface area contributed by atoms with Crippen LogP contribution in [-0.4, -0.2) is 49.5 Å². The molecule has 0 spiro atoms. The maximum atomic E-state index is 12.4. The normalized spacial score (nSPS) is 21.2. The van der Waals surface area contributed by atoms with Gasteiger partial charge < -0.3 is 15.2 Å². The molecule has 3 aromatic rings. The van der Waals surface area contributed by atoms with Crippen LogP contribution in [0.1, 0.15) is 36.8 Å². The smallest absolute Gasteiger partial charge is 0.258 e. The van der Waals surface area contributed by atoms with Gasteiger partial charge in [0.15, 0.2) is 6.61 Å². The van der Waals surface area contributed by atoms with Crippen LogP contribution in [0.3, 0.4) is 0 Å². The van der Waals surface area contributed by atoms with Crippen LogP contribution in [0.2, 0.25) is 0 Å². The Morgan fingerprint density at radius 1 is 1.23 bits per heavy atom. The standard InChI is InChI=1S/C22H25N5O3/c1-15-24-22(27(26-15)17-6-5-11-23-13-17)16-9-10-20(28)19(12-16)25-21(29)14-30-18-7-3-2-4-8-18/h2-8,11,13,16,19-20,28H,9-10,12,14H2,1H3,(H,25,29)/t16-,19+,20+/m0/s1. The Bertz CT molecular complexity index is 977. The van der Waals surface area contributed by atoms with E-state index < -0.39 is 6.10 Å². The van der Waals surface area contributed by atoms with Crippen molar-refractivity contribution in [3.8, 4) is 11.4 Å². The third kappa shape index (κ3) is 4.65. The Morgan fingerprint density at radius 3 is 2.83 bits per heavy atom. The zero-order chi connectivity index (χ0) is 20.9. The summed E-state index contributed by atoms with van der Waals surface area (Å²) >= 11 is 0. The maximum absolute atomic E-state index is 12.4. The number of carbonyl (C=O) groups is 1. The Morgan fingerprint density at radius 2 is 2.07 bits per heavy atom. The average molecular weight is 407 g/mol. The first-order valence-corrected chi connectivity index (χ1v) is 10.1. The molecule has 3 atom stereocenters. The maximum Gasteiger partial charge on any atom is 0.258 e. The third-order valence-electron chi connectivity index (χ3n) is 5.27. The average Bonchev–Trinajstić information content (AvgIpc) is 3.17. The van der Waals surface area contributed by atoms with Gasteiger partial charge >= 0.3 is 0 Å². The first-order valence-electron chi connectivity index (χ1n) is 10.1. The summed E-state index contributed by atoms with van der Waals surface area (Å²) in [6, 6.07) is 12.6. The summed E-state index contributed by atoms with van der Waals surface area (Å²) in [5.74, 6) is 1.95. The number of ether oxygens (including phenoxy) is 1. The molecule has 4 rings (SSSR count). The van der Waals surface area contributed by atoms with E-state index in [1.54, 1.807) is 24.5 Å². The Labute approximate surface area is 174 Å². The zero-order valence-corrected chi connectivity index (χ0v) is 16.8. The summed E-state index contributed by atoms with van der Waals surface area (Å²) in [5, 5.41) is 17.9. The lowest BCUT2D eigenvalue weighted by atomic mass is 9.83. The van der Waals surface area contributed by atoms with Crippen molar-refractivity contribution in [2.24, 2.45) is 0 Å². The van der Waals surface area contributed by atoms with E-state index in [9.17, 15) is 9.90 Å². The molecule has 156 valence electrons. The molecule has 1 aliphatic carbocycles. The lowest BCUT2D eigenvalue weighted by Gasteiger charge is -2.33. The monoisotopic (exact) mass is 407 g/mol. The summed E-state index contributed by atoms with van der Waals surface area (Å²) < 4.78 is 7.32. The predicted molar refractivity (Wildman–Crippen MR) is 110 cm³/mol. The van der Waals surface area contributed by atoms with Crippen LogP contribution >= 0.6 is 0 Å². The van der Waals surface area contributed by atoms with Gasteiger partial charge in [0.05, 0.1) is 24.0 Å². The SMILES string of the molecule is Cc1nc([C@H]2CC[C@@H](O)[C@H](NC(=O)COc3ccccc3)C2)n(-c2cccnc2)n1. The summed E-state index contributed by atoms with van der Waals surface area (Å²) in [5.41, 5.74) is 0.844. The number of hydrogen-bond donors (Lipinski definition) is 2. The molecule has 0 bridgehead atoms. The molecule has 0 radical (unpaired) electrons. The van der Waals surface area contributed by atoms with E-state index in [1.165, 1.54) is 0 Å². The van der Waals surface area contributed by atoms with E-state index in [0.29, 0.717) is 24.4 Å². The quantitative estimate of drug-likeness (QED) is 0.649. The molecular formula is C22H25N5O3. The van der Waals surface area contributed by atoms with Gasteiger partial charge in [0.1, 0.15) is 17.4 Å². The van der Waals surface area contributed by atoms with Crippen molar-refractivity contribution in [1.82, 2.24) is 25.1 Å². The fourth-order valence-corrected chi connectivity index (χ4v) is 3.82. The van der Waals surface area contributed by atoms with E-state index in [0.717, 1.165) is 17.9 Å². The third-order valence-corrected chi connectivity index (χ3v) is 5.27. The molecule has 2 heterocycles. The number of aliphatic hydroxyl groups is 1. The Hall–Kier alpha value is -3.26. The summed E-state index contributed by atoms with van der Waals surface area (Å²) in [6.07, 6.45) is 4.79. The van der Waals surface area contributed by atoms with Gasteiger partial charge in [-0.2, -0.15) is 5.10 Å². The number of aryl methyl sites for hydroxylation is 1. The van der Waals surface area contributed by atoms with E-state index in [1.807, 2.05) is 41.9 Å². The molecule has 1 fully saturated rings. The molecular weight excluding hydrogens is 382 g/mol. The first-order chi connectivity index (χ1) is 14.6. The minimum atomic E-state index is -0.599. The molecule has 1 aromatic carbocycles. The molecule has 2 aromatic heterocycles. The van der Waals surface area contributed by atoms with Crippen molar-refractivity contribution in [1.29, 1.82) is 0 Å². The molecule has 30 heavy (non-hydrogen) atoms. The minimum absolute atomic E-state index is 0.0650. The number of benzene rings is 1. The van der Waals surface area contributed by atoms with E-state index in [2.05, 4.69) is 20.4 Å². The fraction of sp³-hybridized carbons (Fsp3) is 0.364. The Balaban J connectivity index is 1.43. The van der Waals surface area contributed by atoms with Gasteiger partial charge in [-0.25, -0.2) is 9.67 Å². The van der Waals surface area contributed by atoms with Crippen molar-refractivity contribution < 1.29 is 14.6 Å². The molecule has 0 aliphatic heterocycles. The van der Waals surface area contributed by atoms with E-state index in [-0.39, 0.29) is 24.5 Å². The second-order valence-corrected chi connectivity index (χ2v) is 7.49. The van der Waals surface area contributed by atoms with Gasteiger partial charge in [-0.1, -0.05) is 18.2 Å². The molecule has 8 nitrogen and oxygen atoms in total. The van der Waals surface area contributed by atoms with Crippen LogP contribution in [0.15, 0.2) is 54.9 Å². The van der Waals surface area contributed by atoms with Gasteiger partial charge in [-0.05, 0) is 50.5 Å². The highest BCUT2D eigenvalue weighted by Crippen LogP contribution is 2.33. The van der Waals surface area contributed by atoms with Gasteiger partial charge in [-0.15, -0.1) is 0 Å². The number of hydrogen-bond acceptors (Lipinski definition) is 6. The fourth-order valence-electron chi connectivity index (χ4n) is 3.82. The molecule has 8 heteroatoms. The van der Waals surface area contributed by atoms with Crippen molar-refractivity contribution in [2.45, 2.75) is 44.2 Å². The number of carbonyl (C=O) groups excluding carboxylic acids is 1. The van der Waals surface area contributed by atoms with Crippen LogP contribution in [0.5, 0.6) is 5.75 Å². The van der Waals surface area contributed by atoms with Gasteiger partial charge in [-0.3, -0.25) is 9.78 Å². The van der Waals surface area contributed by atoms with Crippen molar-refractivity contribution in [3.63, 3.8) is 0 Å². The lowest BCUT2D eigenvalue weighted by molar-refractivity contribution is -0.125. The predicted octanol–water partition coefficient (Wildman–Crippen LogP) is 2.16. The number of amides is 1. The number of para-hydroxylation sites is 1. The second kappa shape index (κ2) is 9.04. The number of nitrogens with one attached hydrogen (secondary N) is 1. The topological polar surface area (TPSA) is 102 Å². The number of nitrogens with zero attached hydrogens (tertiary/aromatic N) is 4. The van der Waals surface area contributed by atoms with Crippen LogP contribution < -0.4 is 10.1 Å². The minimum Gasteiger partial charge on any atom is -0.484 e. The van der Waals surface area contributed by atoms with Crippen molar-refractivity contribution >= 4 is 5.91 Å². The Kier molecular flexibility index (Phi) is 6.04. The van der Waals surface area contributed by atoms with Crippen molar-refractivity contribution in [2.75, 3.05) is 6.61 Å². The molecule has 0 unspecified atom stereocenters. The lowest BCUT2D eigenvalue weighted by Crippen LogP contribution is -2.48. The zero-order valence-electron chi connectivity index (χ0n) is 16.8. The highest BCUT2D eigenvalue weighted by atomic mass is 16.5. The van der Waals surface area contributed by atoms with Crippen molar-refractivity contribution in [3.05, 3.63) is 66.5 Å². The largest absolute Gasteiger partial charge is 0.484 e. The number of aromatic nitrogens is 4. The summed E-state index contributed by atoms with van der Waals surface area (Å²) in [7, 11) is 0. The highest BCUT2D eigenvalue weighted by Gasteiger charge is 2.34. The number of rotatable bonds is 6. The van der Waals surface area contributed by atoms with Crippen LogP contribution in [0.4, 0.5) is 0 Å². The van der Waals surface area contributed by atoms with Crippen LogP contribution in [-0.2, 0) is 4.79 Å². The number of aliphatic hydroxyl groups excluding tert-OH is 1. The van der Waals surface area contributed by atoms with E-state index in [4.69, 9.17) is 4.74 Å². The number of pyridine rings is 1. The van der Waals surface area contributed by atoms with Gasteiger partial charge in [0, 0.05) is 12.1 Å². The second-order valence-electron chi connectivity index (χ2n) is 7.49. The van der Waals surface area contributed by atoms with Crippen LogP contribution in [0, 0.1) is 6.92 Å². The highest BCUT2D eigenvalue weighted by molar-refractivity contribution is 5.78. The van der Waals surface area contributed by atoms with E-state index >= 15 is 0 Å². The molecule has 0 saturated heterocycles. The molecule has 1 saturated carbocycles.